The van der Waals surface area contributed by atoms with E-state index in [4.69, 9.17) is 9.47 Å². The maximum atomic E-state index is 12.5. The van der Waals surface area contributed by atoms with Gasteiger partial charge in [0, 0.05) is 17.9 Å². The maximum Gasteiger partial charge on any atom is 0.223 e. The van der Waals surface area contributed by atoms with Crippen molar-refractivity contribution in [3.05, 3.63) is 57.8 Å². The molecule has 1 aromatic heterocycles. The SMILES string of the molecule is CCCCc1ccc(C(NC(=O)CCOCC2CCCO2)c2cccs2)cc1. The van der Waals surface area contributed by atoms with E-state index in [1.807, 2.05) is 6.07 Å². The van der Waals surface area contributed by atoms with Crippen LogP contribution in [0.2, 0.25) is 0 Å². The van der Waals surface area contributed by atoms with E-state index in [0.29, 0.717) is 19.6 Å². The lowest BCUT2D eigenvalue weighted by atomic mass is 10.0. The largest absolute Gasteiger partial charge is 0.378 e. The molecule has 0 aliphatic carbocycles. The fourth-order valence-electron chi connectivity index (χ4n) is 3.42. The lowest BCUT2D eigenvalue weighted by molar-refractivity contribution is -0.123. The molecule has 0 bridgehead atoms. The minimum atomic E-state index is -0.106. The monoisotopic (exact) mass is 401 g/mol. The van der Waals surface area contributed by atoms with Gasteiger partial charge in [0.1, 0.15) is 0 Å². The lowest BCUT2D eigenvalue weighted by Crippen LogP contribution is -2.30. The minimum Gasteiger partial charge on any atom is -0.378 e. The summed E-state index contributed by atoms with van der Waals surface area (Å²) in [5.74, 6) is 0.0146. The van der Waals surface area contributed by atoms with Crippen molar-refractivity contribution in [2.24, 2.45) is 0 Å². The van der Waals surface area contributed by atoms with E-state index < -0.39 is 0 Å². The van der Waals surface area contributed by atoms with E-state index in [-0.39, 0.29) is 18.1 Å². The highest BCUT2D eigenvalue weighted by Crippen LogP contribution is 2.26. The molecule has 3 rings (SSSR count). The van der Waals surface area contributed by atoms with E-state index in [2.05, 4.69) is 48.0 Å². The predicted molar refractivity (Wildman–Crippen MR) is 114 cm³/mol. The first-order valence-electron chi connectivity index (χ1n) is 10.4. The van der Waals surface area contributed by atoms with Crippen LogP contribution >= 0.6 is 11.3 Å². The van der Waals surface area contributed by atoms with Gasteiger partial charge in [0.2, 0.25) is 5.91 Å². The molecule has 1 aliphatic rings. The summed E-state index contributed by atoms with van der Waals surface area (Å²) < 4.78 is 11.2. The normalized spacial score (nSPS) is 17.5. The topological polar surface area (TPSA) is 47.6 Å². The van der Waals surface area contributed by atoms with Gasteiger partial charge in [-0.25, -0.2) is 0 Å². The number of unbranched alkanes of at least 4 members (excludes halogenated alkanes) is 1. The molecule has 0 spiro atoms. The van der Waals surface area contributed by atoms with E-state index in [9.17, 15) is 4.79 Å². The second-order valence-corrected chi connectivity index (χ2v) is 8.30. The van der Waals surface area contributed by atoms with Gasteiger partial charge in [0.05, 0.1) is 25.4 Å². The Morgan fingerprint density at radius 3 is 2.86 bits per heavy atom. The zero-order chi connectivity index (χ0) is 19.6. The summed E-state index contributed by atoms with van der Waals surface area (Å²) in [7, 11) is 0. The molecule has 1 amide bonds. The highest BCUT2D eigenvalue weighted by Gasteiger charge is 2.19. The summed E-state index contributed by atoms with van der Waals surface area (Å²) in [6.45, 7) is 4.05. The van der Waals surface area contributed by atoms with E-state index >= 15 is 0 Å². The van der Waals surface area contributed by atoms with Crippen molar-refractivity contribution < 1.29 is 14.3 Å². The quantitative estimate of drug-likeness (QED) is 0.546. The molecule has 2 aromatic rings. The van der Waals surface area contributed by atoms with Crippen LogP contribution in [0.25, 0.3) is 0 Å². The van der Waals surface area contributed by atoms with Crippen LogP contribution in [0.4, 0.5) is 0 Å². The summed E-state index contributed by atoms with van der Waals surface area (Å²) >= 11 is 1.67. The number of hydrogen-bond acceptors (Lipinski definition) is 4. The standard InChI is InChI=1S/C23H31NO3S/c1-2-3-6-18-9-11-19(12-10-18)23(21-8-5-16-28-21)24-22(25)13-15-26-17-20-7-4-14-27-20/h5,8-12,16,20,23H,2-4,6-7,13-15,17H2,1H3,(H,24,25). The summed E-state index contributed by atoms with van der Waals surface area (Å²) in [6, 6.07) is 12.7. The average Bonchev–Trinajstić information content (AvgIpc) is 3.42. The van der Waals surface area contributed by atoms with Crippen molar-refractivity contribution in [2.75, 3.05) is 19.8 Å². The molecule has 4 nitrogen and oxygen atoms in total. The molecule has 1 N–H and O–H groups in total. The van der Waals surface area contributed by atoms with Crippen LogP contribution in [-0.4, -0.2) is 31.8 Å². The van der Waals surface area contributed by atoms with Crippen LogP contribution in [0.3, 0.4) is 0 Å². The first-order valence-corrected chi connectivity index (χ1v) is 11.2. The molecule has 1 saturated heterocycles. The molecule has 5 heteroatoms. The highest BCUT2D eigenvalue weighted by molar-refractivity contribution is 7.10. The smallest absolute Gasteiger partial charge is 0.223 e. The Morgan fingerprint density at radius 2 is 2.18 bits per heavy atom. The number of carbonyl (C=O) groups excluding carboxylic acids is 1. The van der Waals surface area contributed by atoms with Gasteiger partial charge in [-0.05, 0) is 48.3 Å². The Bertz CT molecular complexity index is 693. The molecule has 1 fully saturated rings. The van der Waals surface area contributed by atoms with Gasteiger partial charge in [0.15, 0.2) is 0 Å². The lowest BCUT2D eigenvalue weighted by Gasteiger charge is -2.19. The van der Waals surface area contributed by atoms with Crippen molar-refractivity contribution in [1.29, 1.82) is 0 Å². The summed E-state index contributed by atoms with van der Waals surface area (Å²) in [4.78, 5) is 13.7. The molecule has 28 heavy (non-hydrogen) atoms. The van der Waals surface area contributed by atoms with E-state index in [1.54, 1.807) is 11.3 Å². The maximum absolute atomic E-state index is 12.5. The number of benzene rings is 1. The molecular formula is C23H31NO3S. The van der Waals surface area contributed by atoms with E-state index in [1.165, 1.54) is 18.4 Å². The molecule has 152 valence electrons. The molecule has 0 radical (unpaired) electrons. The fourth-order valence-corrected chi connectivity index (χ4v) is 4.22. The predicted octanol–water partition coefficient (Wildman–Crippen LogP) is 4.88. The van der Waals surface area contributed by atoms with Gasteiger partial charge in [-0.1, -0.05) is 43.7 Å². The first kappa shape index (κ1) is 21.0. The van der Waals surface area contributed by atoms with E-state index in [0.717, 1.165) is 36.3 Å². The van der Waals surface area contributed by atoms with Crippen LogP contribution in [0.5, 0.6) is 0 Å². The molecule has 2 unspecified atom stereocenters. The molecule has 1 aromatic carbocycles. The Morgan fingerprint density at radius 1 is 1.32 bits per heavy atom. The van der Waals surface area contributed by atoms with Crippen molar-refractivity contribution >= 4 is 17.2 Å². The number of amides is 1. The van der Waals surface area contributed by atoms with Crippen LogP contribution < -0.4 is 5.32 Å². The van der Waals surface area contributed by atoms with Gasteiger partial charge >= 0.3 is 0 Å². The summed E-state index contributed by atoms with van der Waals surface area (Å²) in [5, 5.41) is 5.24. The third-order valence-electron chi connectivity index (χ3n) is 5.07. The third kappa shape index (κ3) is 6.43. The van der Waals surface area contributed by atoms with Crippen molar-refractivity contribution in [2.45, 2.75) is 57.6 Å². The zero-order valence-electron chi connectivity index (χ0n) is 16.7. The van der Waals surface area contributed by atoms with Crippen LogP contribution in [0, 0.1) is 0 Å². The highest BCUT2D eigenvalue weighted by atomic mass is 32.1. The van der Waals surface area contributed by atoms with Gasteiger partial charge in [-0.2, -0.15) is 0 Å². The second-order valence-electron chi connectivity index (χ2n) is 7.32. The molecule has 2 heterocycles. The Balaban J connectivity index is 1.53. The number of carbonyl (C=O) groups is 1. The Hall–Kier alpha value is -1.69. The number of rotatable bonds is 11. The molecule has 0 saturated carbocycles. The van der Waals surface area contributed by atoms with Crippen LogP contribution in [0.15, 0.2) is 41.8 Å². The number of aryl methyl sites for hydroxylation is 1. The second kappa shape index (κ2) is 11.3. The number of ether oxygens (including phenoxy) is 2. The fraction of sp³-hybridized carbons (Fsp3) is 0.522. The molecule has 1 aliphatic heterocycles. The van der Waals surface area contributed by atoms with Crippen molar-refractivity contribution in [1.82, 2.24) is 5.32 Å². The summed E-state index contributed by atoms with van der Waals surface area (Å²) in [5.41, 5.74) is 2.47. The summed E-state index contributed by atoms with van der Waals surface area (Å²) in [6.07, 6.45) is 6.24. The van der Waals surface area contributed by atoms with Crippen molar-refractivity contribution in [3.8, 4) is 0 Å². The first-order chi connectivity index (χ1) is 13.8. The Labute approximate surface area is 172 Å². The third-order valence-corrected chi connectivity index (χ3v) is 6.00. The van der Waals surface area contributed by atoms with Crippen molar-refractivity contribution in [3.63, 3.8) is 0 Å². The average molecular weight is 402 g/mol. The van der Waals surface area contributed by atoms with Gasteiger partial charge in [0.25, 0.3) is 0 Å². The minimum absolute atomic E-state index is 0.0146. The zero-order valence-corrected chi connectivity index (χ0v) is 17.5. The van der Waals surface area contributed by atoms with Crippen LogP contribution in [-0.2, 0) is 20.7 Å². The number of nitrogens with one attached hydrogen (secondary N) is 1. The Kier molecular flexibility index (Phi) is 8.52. The van der Waals surface area contributed by atoms with Gasteiger partial charge in [-0.15, -0.1) is 11.3 Å². The number of hydrogen-bond donors (Lipinski definition) is 1. The van der Waals surface area contributed by atoms with Gasteiger partial charge < -0.3 is 14.8 Å². The van der Waals surface area contributed by atoms with Crippen LogP contribution in [0.1, 0.15) is 61.1 Å². The molecule has 2 atom stereocenters. The number of thiophene rings is 1. The van der Waals surface area contributed by atoms with Gasteiger partial charge in [-0.3, -0.25) is 4.79 Å². The molecular weight excluding hydrogens is 370 g/mol.